The first-order chi connectivity index (χ1) is 13.6. The highest BCUT2D eigenvalue weighted by atomic mass is 32.2. The fraction of sp³-hybridized carbons (Fsp3) is 0.350. The van der Waals surface area contributed by atoms with Crippen molar-refractivity contribution in [3.8, 4) is 5.69 Å². The molecule has 9 heteroatoms. The maximum absolute atomic E-state index is 12.7. The number of hydrogen-bond donors (Lipinski definition) is 2. The van der Waals surface area contributed by atoms with Crippen molar-refractivity contribution in [2.24, 2.45) is 0 Å². The van der Waals surface area contributed by atoms with Crippen molar-refractivity contribution in [2.45, 2.75) is 36.1 Å². The van der Waals surface area contributed by atoms with Crippen molar-refractivity contribution in [3.63, 3.8) is 0 Å². The standard InChI is InChI=1S/C20H21N3O5S/c1-20(2)16(19(26)27)23(28)11-13(18(23)29-20)21-17(25)15(24)14-9-6-10-22(14)12-7-4-3-5-8-12/h3-10,13,16,18,28H,11H2,1-2H3,(H-,21,25,26,27)/t13-,16+,18-,23?/m1/s1. The second-order valence-corrected chi connectivity index (χ2v) is 9.68. The summed E-state index contributed by atoms with van der Waals surface area (Å²) >= 11 is 1.28. The van der Waals surface area contributed by atoms with Crippen LogP contribution in [0.4, 0.5) is 0 Å². The second kappa shape index (κ2) is 6.72. The van der Waals surface area contributed by atoms with E-state index in [0.29, 0.717) is 0 Å². The number of carboxylic acids is 1. The number of ketones is 1. The summed E-state index contributed by atoms with van der Waals surface area (Å²) < 4.78 is 0.178. The lowest BCUT2D eigenvalue weighted by Gasteiger charge is -2.49. The molecule has 0 spiro atoms. The molecule has 8 nitrogen and oxygen atoms in total. The highest BCUT2D eigenvalue weighted by Crippen LogP contribution is 2.54. The number of quaternary nitrogens is 1. The number of benzene rings is 1. The van der Waals surface area contributed by atoms with E-state index in [1.807, 2.05) is 30.3 Å². The topological polar surface area (TPSA) is 111 Å². The first-order valence-corrected chi connectivity index (χ1v) is 10.1. The van der Waals surface area contributed by atoms with Crippen molar-refractivity contribution in [2.75, 3.05) is 6.54 Å². The van der Waals surface area contributed by atoms with Gasteiger partial charge < -0.3 is 19.8 Å². The molecule has 0 saturated carbocycles. The molecule has 3 heterocycles. The van der Waals surface area contributed by atoms with Gasteiger partial charge in [0.05, 0.1) is 10.4 Å². The Hall–Kier alpha value is -2.62. The van der Waals surface area contributed by atoms with Crippen molar-refractivity contribution >= 4 is 29.4 Å². The van der Waals surface area contributed by atoms with Crippen LogP contribution < -0.4 is 10.4 Å². The lowest BCUT2D eigenvalue weighted by Crippen LogP contribution is -2.78. The molecular weight excluding hydrogens is 394 g/mol. The number of nitrogens with one attached hydrogen (secondary N) is 1. The van der Waals surface area contributed by atoms with Gasteiger partial charge in [-0.3, -0.25) is 9.59 Å². The van der Waals surface area contributed by atoms with Crippen molar-refractivity contribution in [1.29, 1.82) is 0 Å². The zero-order chi connectivity index (χ0) is 21.0. The zero-order valence-electron chi connectivity index (χ0n) is 15.9. The number of carbonyl (C=O) groups excluding carboxylic acids is 3. The van der Waals surface area contributed by atoms with Gasteiger partial charge in [-0.2, -0.15) is 4.65 Å². The average Bonchev–Trinajstić information content (AvgIpc) is 3.20. The average molecular weight is 415 g/mol. The predicted octanol–water partition coefficient (Wildman–Crippen LogP) is 0.334. The van der Waals surface area contributed by atoms with E-state index in [1.165, 1.54) is 11.8 Å². The van der Waals surface area contributed by atoms with E-state index >= 15 is 0 Å². The number of rotatable bonds is 5. The van der Waals surface area contributed by atoms with E-state index in [4.69, 9.17) is 0 Å². The second-order valence-electron chi connectivity index (χ2n) is 7.91. The molecule has 0 bridgehead atoms. The van der Waals surface area contributed by atoms with Crippen LogP contribution in [0, 0.1) is 0 Å². The van der Waals surface area contributed by atoms with Crippen LogP contribution in [0.25, 0.3) is 5.69 Å². The number of Topliss-reactive ketones (excluding diaryl/α,β-unsaturated/α-hetero) is 1. The van der Waals surface area contributed by atoms with Crippen molar-refractivity contribution in [1.82, 2.24) is 9.88 Å². The number of fused-ring (bicyclic) bond motifs is 1. The number of thioether (sulfide) groups is 1. The number of hydrogen-bond acceptors (Lipinski definition) is 6. The first-order valence-electron chi connectivity index (χ1n) is 9.22. The lowest BCUT2D eigenvalue weighted by molar-refractivity contribution is -1.15. The molecule has 2 aliphatic rings. The third-order valence-electron chi connectivity index (χ3n) is 5.57. The number of aliphatic carboxylic acids is 1. The Kier molecular flexibility index (Phi) is 4.56. The minimum Gasteiger partial charge on any atom is -0.544 e. The molecule has 2 aromatic rings. The van der Waals surface area contributed by atoms with E-state index in [1.54, 1.807) is 36.7 Å². The van der Waals surface area contributed by atoms with E-state index in [9.17, 15) is 24.7 Å². The van der Waals surface area contributed by atoms with Gasteiger partial charge in [0, 0.05) is 11.9 Å². The van der Waals surface area contributed by atoms with Gasteiger partial charge in [-0.25, -0.2) is 5.21 Å². The number of carboxylic acid groups (broad SMARTS) is 1. The van der Waals surface area contributed by atoms with Crippen LogP contribution in [0.5, 0.6) is 0 Å². The molecule has 0 aliphatic carbocycles. The molecule has 2 N–H and O–H groups in total. The number of amides is 1. The largest absolute Gasteiger partial charge is 0.544 e. The minimum absolute atomic E-state index is 0.0124. The van der Waals surface area contributed by atoms with Gasteiger partial charge in [0.15, 0.2) is 11.4 Å². The Bertz CT molecular complexity index is 989. The normalized spacial score (nSPS) is 29.6. The molecule has 1 aromatic heterocycles. The summed E-state index contributed by atoms with van der Waals surface area (Å²) in [5, 5.41) is 24.4. The summed E-state index contributed by atoms with van der Waals surface area (Å²) in [5.41, 5.74) is 0.984. The highest BCUT2D eigenvalue weighted by molar-refractivity contribution is 8.01. The fourth-order valence-corrected chi connectivity index (χ4v) is 6.07. The summed E-state index contributed by atoms with van der Waals surface area (Å²) in [6.07, 6.45) is 1.70. The fourth-order valence-electron chi connectivity index (χ4n) is 4.34. The van der Waals surface area contributed by atoms with Crippen LogP contribution in [0.2, 0.25) is 0 Å². The summed E-state index contributed by atoms with van der Waals surface area (Å²) in [6.45, 7) is 3.46. The zero-order valence-corrected chi connectivity index (χ0v) is 16.8. The number of hydroxylamine groups is 3. The molecule has 2 saturated heterocycles. The molecule has 1 aromatic carbocycles. The summed E-state index contributed by atoms with van der Waals surface area (Å²) in [7, 11) is 0. The Morgan fingerprint density at radius 1 is 1.21 bits per heavy atom. The van der Waals surface area contributed by atoms with Gasteiger partial charge in [-0.05, 0) is 38.1 Å². The lowest BCUT2D eigenvalue weighted by atomic mass is 9.95. The van der Waals surface area contributed by atoms with Gasteiger partial charge in [0.1, 0.15) is 18.6 Å². The number of carbonyl (C=O) groups is 3. The third-order valence-corrected chi connectivity index (χ3v) is 7.33. The van der Waals surface area contributed by atoms with E-state index in [0.717, 1.165) is 5.69 Å². The van der Waals surface area contributed by atoms with E-state index in [2.05, 4.69) is 5.32 Å². The smallest absolute Gasteiger partial charge is 0.294 e. The number of nitrogens with zero attached hydrogens (tertiary/aromatic N) is 2. The van der Waals surface area contributed by atoms with Crippen LogP contribution in [0.1, 0.15) is 24.3 Å². The summed E-state index contributed by atoms with van der Waals surface area (Å²) in [4.78, 5) is 36.9. The SMILES string of the molecule is CC1(C)S[C@@H]2[C@H](NC(=O)C(=O)c3cccn3-c3ccccc3)C[N+]2(O)[C@H]1C(=O)[O-]. The van der Waals surface area contributed by atoms with Crippen molar-refractivity contribution in [3.05, 3.63) is 54.4 Å². The molecule has 29 heavy (non-hydrogen) atoms. The highest BCUT2D eigenvalue weighted by Gasteiger charge is 2.71. The molecule has 4 rings (SSSR count). The first kappa shape index (κ1) is 19.7. The maximum atomic E-state index is 12.7. The molecular formula is C20H21N3O5S. The Balaban J connectivity index is 1.49. The molecule has 0 radical (unpaired) electrons. The Labute approximate surface area is 171 Å². The van der Waals surface area contributed by atoms with Crippen LogP contribution in [0.3, 0.4) is 0 Å². The third kappa shape index (κ3) is 3.06. The summed E-state index contributed by atoms with van der Waals surface area (Å²) in [6, 6.07) is 10.8. The summed E-state index contributed by atoms with van der Waals surface area (Å²) in [5.74, 6) is -2.80. The molecule has 152 valence electrons. The monoisotopic (exact) mass is 415 g/mol. The van der Waals surface area contributed by atoms with Crippen LogP contribution in [-0.2, 0) is 9.59 Å². The van der Waals surface area contributed by atoms with Gasteiger partial charge in [-0.1, -0.05) is 30.0 Å². The minimum atomic E-state index is -1.32. The van der Waals surface area contributed by atoms with E-state index < -0.39 is 44.5 Å². The molecule has 4 atom stereocenters. The quantitative estimate of drug-likeness (QED) is 0.414. The van der Waals surface area contributed by atoms with Gasteiger partial charge in [0.2, 0.25) is 0 Å². The van der Waals surface area contributed by atoms with Crippen LogP contribution in [0.15, 0.2) is 48.7 Å². The van der Waals surface area contributed by atoms with Gasteiger partial charge in [-0.15, -0.1) is 0 Å². The molecule has 2 fully saturated rings. The van der Waals surface area contributed by atoms with Gasteiger partial charge >= 0.3 is 0 Å². The Morgan fingerprint density at radius 3 is 2.55 bits per heavy atom. The van der Waals surface area contributed by atoms with E-state index in [-0.39, 0.29) is 12.2 Å². The maximum Gasteiger partial charge on any atom is 0.294 e. The number of para-hydroxylation sites is 1. The molecule has 1 unspecified atom stereocenters. The van der Waals surface area contributed by atoms with Crippen molar-refractivity contribution < 1.29 is 29.3 Å². The van der Waals surface area contributed by atoms with Crippen LogP contribution >= 0.6 is 11.8 Å². The number of aromatic nitrogens is 1. The molecule has 1 amide bonds. The van der Waals surface area contributed by atoms with Crippen LogP contribution in [-0.4, -0.2) is 60.8 Å². The van der Waals surface area contributed by atoms with Gasteiger partial charge in [0.25, 0.3) is 11.7 Å². The molecule has 2 aliphatic heterocycles. The Morgan fingerprint density at radius 2 is 1.90 bits per heavy atom. The predicted molar refractivity (Wildman–Crippen MR) is 103 cm³/mol.